The van der Waals surface area contributed by atoms with E-state index in [-0.39, 0.29) is 11.7 Å². The minimum Gasteiger partial charge on any atom is -0.322 e. The van der Waals surface area contributed by atoms with Crippen molar-refractivity contribution in [1.29, 1.82) is 0 Å². The first-order valence-corrected chi connectivity index (χ1v) is 7.04. The molecule has 1 atom stereocenters. The Morgan fingerprint density at radius 1 is 1.14 bits per heavy atom. The molecule has 108 valence electrons. The summed E-state index contributed by atoms with van der Waals surface area (Å²) in [5, 5.41) is 0. The van der Waals surface area contributed by atoms with E-state index in [9.17, 15) is 9.18 Å². The van der Waals surface area contributed by atoms with E-state index in [0.717, 1.165) is 17.7 Å². The van der Waals surface area contributed by atoms with E-state index in [1.165, 1.54) is 12.1 Å². The maximum absolute atomic E-state index is 13.3. The summed E-state index contributed by atoms with van der Waals surface area (Å²) in [5.41, 5.74) is 8.93. The molecule has 0 bridgehead atoms. The molecular weight excluding hydrogens is 267 g/mol. The predicted octanol–water partition coefficient (Wildman–Crippen LogP) is 2.80. The summed E-state index contributed by atoms with van der Waals surface area (Å²) in [6, 6.07) is 13.7. The van der Waals surface area contributed by atoms with E-state index < -0.39 is 6.04 Å². The number of hydrogen-bond donors (Lipinski definition) is 1. The van der Waals surface area contributed by atoms with Crippen molar-refractivity contribution in [3.8, 4) is 0 Å². The van der Waals surface area contributed by atoms with Gasteiger partial charge in [-0.3, -0.25) is 4.79 Å². The summed E-state index contributed by atoms with van der Waals surface area (Å²) in [6.07, 6.45) is 1.26. The molecule has 0 aromatic heterocycles. The number of rotatable bonds is 3. The molecular formula is C17H17FN2O. The zero-order valence-electron chi connectivity index (χ0n) is 11.6. The Morgan fingerprint density at radius 3 is 2.76 bits per heavy atom. The molecule has 0 radical (unpaired) electrons. The van der Waals surface area contributed by atoms with Crippen LogP contribution in [0.4, 0.5) is 10.1 Å². The maximum Gasteiger partial charge on any atom is 0.227 e. The van der Waals surface area contributed by atoms with Gasteiger partial charge in [0.2, 0.25) is 5.91 Å². The summed E-state index contributed by atoms with van der Waals surface area (Å²) in [5.74, 6) is -0.242. The van der Waals surface area contributed by atoms with Gasteiger partial charge in [-0.05, 0) is 35.7 Å². The third kappa shape index (κ3) is 2.81. The normalized spacial score (nSPS) is 15.7. The number of anilines is 1. The van der Waals surface area contributed by atoms with Crippen LogP contribution in [0, 0.1) is 5.82 Å². The Kier molecular flexibility index (Phi) is 3.71. The Bertz CT molecular complexity index is 671. The molecule has 0 fully saturated rings. The molecule has 1 amide bonds. The van der Waals surface area contributed by atoms with Crippen LogP contribution in [-0.4, -0.2) is 12.5 Å². The van der Waals surface area contributed by atoms with Crippen molar-refractivity contribution in [3.63, 3.8) is 0 Å². The first-order chi connectivity index (χ1) is 10.1. The van der Waals surface area contributed by atoms with Gasteiger partial charge in [0.15, 0.2) is 0 Å². The van der Waals surface area contributed by atoms with Gasteiger partial charge in [0.1, 0.15) is 5.82 Å². The highest BCUT2D eigenvalue weighted by Crippen LogP contribution is 2.29. The lowest BCUT2D eigenvalue weighted by molar-refractivity contribution is -0.119. The van der Waals surface area contributed by atoms with Gasteiger partial charge < -0.3 is 10.6 Å². The first-order valence-electron chi connectivity index (χ1n) is 7.04. The van der Waals surface area contributed by atoms with Gasteiger partial charge in [0.05, 0.1) is 0 Å². The van der Waals surface area contributed by atoms with Crippen molar-refractivity contribution in [2.75, 3.05) is 11.4 Å². The molecule has 0 saturated carbocycles. The van der Waals surface area contributed by atoms with Gasteiger partial charge in [-0.2, -0.15) is 0 Å². The minimum atomic E-state index is -0.407. The van der Waals surface area contributed by atoms with E-state index in [0.29, 0.717) is 18.5 Å². The fourth-order valence-electron chi connectivity index (χ4n) is 2.74. The van der Waals surface area contributed by atoms with Crippen LogP contribution >= 0.6 is 0 Å². The monoisotopic (exact) mass is 284 g/mol. The molecule has 1 heterocycles. The van der Waals surface area contributed by atoms with Gasteiger partial charge in [-0.1, -0.05) is 30.3 Å². The molecule has 2 aromatic carbocycles. The van der Waals surface area contributed by atoms with Gasteiger partial charge in [-0.25, -0.2) is 4.39 Å². The number of halogens is 1. The molecule has 0 aliphatic carbocycles. The summed E-state index contributed by atoms with van der Waals surface area (Å²) in [7, 11) is 0. The molecule has 1 aliphatic heterocycles. The second-order valence-electron chi connectivity index (χ2n) is 5.29. The molecule has 1 aliphatic rings. The smallest absolute Gasteiger partial charge is 0.227 e. The van der Waals surface area contributed by atoms with Crippen LogP contribution in [-0.2, 0) is 11.2 Å². The fourth-order valence-corrected chi connectivity index (χ4v) is 2.74. The predicted molar refractivity (Wildman–Crippen MR) is 80.4 cm³/mol. The zero-order valence-corrected chi connectivity index (χ0v) is 11.6. The van der Waals surface area contributed by atoms with Crippen LogP contribution < -0.4 is 10.6 Å². The third-order valence-corrected chi connectivity index (χ3v) is 3.85. The lowest BCUT2D eigenvalue weighted by Crippen LogP contribution is -2.40. The molecule has 2 aromatic rings. The highest BCUT2D eigenvalue weighted by molar-refractivity contribution is 5.96. The Labute approximate surface area is 123 Å². The van der Waals surface area contributed by atoms with Crippen molar-refractivity contribution in [3.05, 3.63) is 65.5 Å². The van der Waals surface area contributed by atoms with Crippen molar-refractivity contribution in [1.82, 2.24) is 0 Å². The Morgan fingerprint density at radius 2 is 1.95 bits per heavy atom. The molecule has 0 spiro atoms. The first kappa shape index (κ1) is 13.8. The average molecular weight is 284 g/mol. The molecule has 1 unspecified atom stereocenters. The zero-order chi connectivity index (χ0) is 14.8. The van der Waals surface area contributed by atoms with Gasteiger partial charge in [0, 0.05) is 24.7 Å². The van der Waals surface area contributed by atoms with Crippen LogP contribution in [0.1, 0.15) is 23.6 Å². The van der Waals surface area contributed by atoms with Crippen LogP contribution in [0.3, 0.4) is 0 Å². The number of nitrogens with zero attached hydrogens (tertiary/aromatic N) is 1. The number of carbonyl (C=O) groups excluding carboxylic acids is 1. The number of aryl methyl sites for hydroxylation is 1. The third-order valence-electron chi connectivity index (χ3n) is 3.85. The summed E-state index contributed by atoms with van der Waals surface area (Å²) in [4.78, 5) is 13.9. The second-order valence-corrected chi connectivity index (χ2v) is 5.29. The largest absolute Gasteiger partial charge is 0.322 e. The van der Waals surface area contributed by atoms with Crippen LogP contribution in [0.15, 0.2) is 48.5 Å². The molecule has 2 N–H and O–H groups in total. The van der Waals surface area contributed by atoms with Crippen LogP contribution in [0.5, 0.6) is 0 Å². The van der Waals surface area contributed by atoms with Crippen LogP contribution in [0.2, 0.25) is 0 Å². The number of carbonyl (C=O) groups is 1. The quantitative estimate of drug-likeness (QED) is 0.942. The van der Waals surface area contributed by atoms with Crippen molar-refractivity contribution in [2.24, 2.45) is 5.73 Å². The molecule has 3 rings (SSSR count). The standard InChI is InChI=1S/C17H17FN2O/c18-14-6-3-5-13(10-14)15(19)11-20-16-7-2-1-4-12(16)8-9-17(20)21/h1-7,10,15H,8-9,11,19H2. The fraction of sp³-hybridized carbons (Fsp3) is 0.235. The van der Waals surface area contributed by atoms with E-state index in [2.05, 4.69) is 0 Å². The number of nitrogens with two attached hydrogens (primary N) is 1. The molecule has 3 nitrogen and oxygen atoms in total. The van der Waals surface area contributed by atoms with E-state index in [1.807, 2.05) is 24.3 Å². The second kappa shape index (κ2) is 5.66. The van der Waals surface area contributed by atoms with Crippen molar-refractivity contribution < 1.29 is 9.18 Å². The lowest BCUT2D eigenvalue weighted by atomic mass is 9.99. The SMILES string of the molecule is NC(CN1C(=O)CCc2ccccc21)c1cccc(F)c1. The maximum atomic E-state index is 13.3. The summed E-state index contributed by atoms with van der Waals surface area (Å²) < 4.78 is 13.3. The minimum absolute atomic E-state index is 0.0700. The van der Waals surface area contributed by atoms with E-state index in [1.54, 1.807) is 17.0 Å². The lowest BCUT2D eigenvalue weighted by Gasteiger charge is -2.31. The number of benzene rings is 2. The number of amides is 1. The Hall–Kier alpha value is -2.20. The van der Waals surface area contributed by atoms with Crippen molar-refractivity contribution >= 4 is 11.6 Å². The average Bonchev–Trinajstić information content (AvgIpc) is 2.50. The highest BCUT2D eigenvalue weighted by Gasteiger charge is 2.25. The summed E-state index contributed by atoms with van der Waals surface area (Å²) >= 11 is 0. The van der Waals surface area contributed by atoms with Crippen molar-refractivity contribution in [2.45, 2.75) is 18.9 Å². The number of para-hydroxylation sites is 1. The molecule has 4 heteroatoms. The van der Waals surface area contributed by atoms with E-state index >= 15 is 0 Å². The number of fused-ring (bicyclic) bond motifs is 1. The number of hydrogen-bond acceptors (Lipinski definition) is 2. The summed E-state index contributed by atoms with van der Waals surface area (Å²) in [6.45, 7) is 0.360. The highest BCUT2D eigenvalue weighted by atomic mass is 19.1. The van der Waals surface area contributed by atoms with Gasteiger partial charge in [0.25, 0.3) is 0 Å². The molecule has 21 heavy (non-hydrogen) atoms. The van der Waals surface area contributed by atoms with Gasteiger partial charge >= 0.3 is 0 Å². The van der Waals surface area contributed by atoms with E-state index in [4.69, 9.17) is 5.73 Å². The molecule has 0 saturated heterocycles. The van der Waals surface area contributed by atoms with Crippen LogP contribution in [0.25, 0.3) is 0 Å². The topological polar surface area (TPSA) is 46.3 Å². The Balaban J connectivity index is 1.85. The van der Waals surface area contributed by atoms with Gasteiger partial charge in [-0.15, -0.1) is 0 Å².